The molecule has 0 fully saturated rings. The van der Waals surface area contributed by atoms with E-state index in [1.54, 1.807) is 16.0 Å². The molecule has 1 unspecified atom stereocenters. The maximum Gasteiger partial charge on any atom is 0.102 e. The number of aryl methyl sites for hydroxylation is 4. The van der Waals surface area contributed by atoms with Gasteiger partial charge < -0.3 is 5.11 Å². The first kappa shape index (κ1) is 13.2. The van der Waals surface area contributed by atoms with Crippen LogP contribution in [0.5, 0.6) is 0 Å². The number of nitrogens with zero attached hydrogens (tertiary/aromatic N) is 3. The van der Waals surface area contributed by atoms with Gasteiger partial charge in [0.15, 0.2) is 0 Å². The van der Waals surface area contributed by atoms with Gasteiger partial charge in [-0.05, 0) is 26.3 Å². The number of aliphatic hydroxyl groups excluding tert-OH is 1. The van der Waals surface area contributed by atoms with Crippen LogP contribution in [0.15, 0.2) is 6.07 Å². The Hall–Kier alpha value is -1.20. The van der Waals surface area contributed by atoms with Crippen LogP contribution in [-0.2, 0) is 19.9 Å². The molecule has 5 heteroatoms. The third-order valence-corrected chi connectivity index (χ3v) is 4.21. The van der Waals surface area contributed by atoms with Gasteiger partial charge in [0, 0.05) is 18.3 Å². The van der Waals surface area contributed by atoms with Gasteiger partial charge in [0.25, 0.3) is 0 Å². The number of hydrogen-bond donors (Lipinski definition) is 1. The second-order valence-corrected chi connectivity index (χ2v) is 5.79. The molecule has 2 aromatic heterocycles. The van der Waals surface area contributed by atoms with Crippen molar-refractivity contribution < 1.29 is 5.11 Å². The molecule has 0 aliphatic heterocycles. The minimum Gasteiger partial charge on any atom is -0.386 e. The normalized spacial score (nSPS) is 12.9. The highest BCUT2D eigenvalue weighted by Crippen LogP contribution is 2.23. The first-order chi connectivity index (χ1) is 8.51. The maximum absolute atomic E-state index is 10.3. The molecule has 98 valence electrons. The summed E-state index contributed by atoms with van der Waals surface area (Å²) in [6, 6.07) is 1.97. The lowest BCUT2D eigenvalue weighted by molar-refractivity contribution is 0.168. The van der Waals surface area contributed by atoms with Crippen LogP contribution < -0.4 is 0 Å². The van der Waals surface area contributed by atoms with E-state index in [4.69, 9.17) is 0 Å². The zero-order chi connectivity index (χ0) is 13.3. The van der Waals surface area contributed by atoms with Crippen molar-refractivity contribution in [2.24, 2.45) is 7.05 Å². The van der Waals surface area contributed by atoms with E-state index in [9.17, 15) is 5.11 Å². The van der Waals surface area contributed by atoms with Crippen molar-refractivity contribution in [3.63, 3.8) is 0 Å². The molecule has 4 nitrogen and oxygen atoms in total. The van der Waals surface area contributed by atoms with Crippen LogP contribution in [0.3, 0.4) is 0 Å². The molecular formula is C13H19N3OS. The maximum atomic E-state index is 10.3. The Bertz CT molecular complexity index is 525. The Morgan fingerprint density at radius 3 is 2.67 bits per heavy atom. The number of rotatable bonds is 4. The number of hydrogen-bond acceptors (Lipinski definition) is 4. The second-order valence-electron chi connectivity index (χ2n) is 4.51. The van der Waals surface area contributed by atoms with Gasteiger partial charge in [0.1, 0.15) is 6.10 Å². The minimum atomic E-state index is -0.534. The molecule has 0 amide bonds. The van der Waals surface area contributed by atoms with Crippen molar-refractivity contribution in [2.45, 2.75) is 39.7 Å². The fourth-order valence-corrected chi connectivity index (χ4v) is 2.90. The van der Waals surface area contributed by atoms with Crippen molar-refractivity contribution in [3.05, 3.63) is 33.0 Å². The average Bonchev–Trinajstić information content (AvgIpc) is 2.83. The van der Waals surface area contributed by atoms with Crippen LogP contribution in [0.2, 0.25) is 0 Å². The van der Waals surface area contributed by atoms with E-state index in [2.05, 4.69) is 23.9 Å². The Labute approximate surface area is 111 Å². The fraction of sp³-hybridized carbons (Fsp3) is 0.538. The molecule has 1 N–H and O–H groups in total. The lowest BCUT2D eigenvalue weighted by Crippen LogP contribution is -2.07. The van der Waals surface area contributed by atoms with Crippen LogP contribution in [-0.4, -0.2) is 19.9 Å². The summed E-state index contributed by atoms with van der Waals surface area (Å²) in [7, 11) is 1.87. The molecule has 18 heavy (non-hydrogen) atoms. The van der Waals surface area contributed by atoms with Gasteiger partial charge in [-0.15, -0.1) is 11.3 Å². The Kier molecular flexibility index (Phi) is 3.82. The predicted octanol–water partition coefficient (Wildman–Crippen LogP) is 2.33. The predicted molar refractivity (Wildman–Crippen MR) is 72.8 cm³/mol. The summed E-state index contributed by atoms with van der Waals surface area (Å²) < 4.78 is 1.76. The molecule has 0 aliphatic rings. The van der Waals surface area contributed by atoms with Gasteiger partial charge in [-0.2, -0.15) is 5.10 Å². The molecule has 0 saturated heterocycles. The first-order valence-corrected chi connectivity index (χ1v) is 6.96. The molecule has 0 saturated carbocycles. The standard InChI is InChI=1S/C13H19N3OS/c1-5-10-6-11(16(4)15-10)12(17)7-13-14-8(2)9(3)18-13/h6,12,17H,5,7H2,1-4H3. The van der Waals surface area contributed by atoms with Gasteiger partial charge in [0.2, 0.25) is 0 Å². The van der Waals surface area contributed by atoms with E-state index in [0.29, 0.717) is 6.42 Å². The van der Waals surface area contributed by atoms with Crippen LogP contribution in [0.4, 0.5) is 0 Å². The van der Waals surface area contributed by atoms with E-state index < -0.39 is 6.10 Å². The molecular weight excluding hydrogens is 246 g/mol. The van der Waals surface area contributed by atoms with Crippen LogP contribution >= 0.6 is 11.3 Å². The van der Waals surface area contributed by atoms with E-state index in [-0.39, 0.29) is 0 Å². The van der Waals surface area contributed by atoms with Crippen LogP contribution in [0, 0.1) is 13.8 Å². The van der Waals surface area contributed by atoms with Gasteiger partial charge in [0.05, 0.1) is 22.1 Å². The smallest absolute Gasteiger partial charge is 0.102 e. The highest BCUT2D eigenvalue weighted by atomic mass is 32.1. The molecule has 0 aromatic carbocycles. The largest absolute Gasteiger partial charge is 0.386 e. The molecule has 2 rings (SSSR count). The molecule has 1 atom stereocenters. The average molecular weight is 265 g/mol. The van der Waals surface area contributed by atoms with Crippen molar-refractivity contribution >= 4 is 11.3 Å². The monoisotopic (exact) mass is 265 g/mol. The molecule has 0 bridgehead atoms. The van der Waals surface area contributed by atoms with Gasteiger partial charge in [-0.1, -0.05) is 6.92 Å². The summed E-state index contributed by atoms with van der Waals surface area (Å²) in [5, 5.41) is 15.6. The van der Waals surface area contributed by atoms with E-state index in [1.165, 1.54) is 4.88 Å². The van der Waals surface area contributed by atoms with Gasteiger partial charge in [-0.3, -0.25) is 4.68 Å². The summed E-state index contributed by atoms with van der Waals surface area (Å²) in [5.74, 6) is 0. The van der Waals surface area contributed by atoms with Gasteiger partial charge in [-0.25, -0.2) is 4.98 Å². The lowest BCUT2D eigenvalue weighted by Gasteiger charge is -2.08. The van der Waals surface area contributed by atoms with Crippen molar-refractivity contribution in [1.82, 2.24) is 14.8 Å². The van der Waals surface area contributed by atoms with E-state index in [0.717, 1.165) is 28.5 Å². The highest BCUT2D eigenvalue weighted by molar-refractivity contribution is 7.11. The molecule has 0 spiro atoms. The van der Waals surface area contributed by atoms with Crippen molar-refractivity contribution in [2.75, 3.05) is 0 Å². The summed E-state index contributed by atoms with van der Waals surface area (Å²) in [4.78, 5) is 5.68. The zero-order valence-corrected chi connectivity index (χ0v) is 12.1. The van der Waals surface area contributed by atoms with Crippen LogP contribution in [0.25, 0.3) is 0 Å². The third-order valence-electron chi connectivity index (χ3n) is 3.11. The van der Waals surface area contributed by atoms with Crippen LogP contribution in [0.1, 0.15) is 40.0 Å². The minimum absolute atomic E-state index is 0.534. The van der Waals surface area contributed by atoms with Crippen molar-refractivity contribution in [1.29, 1.82) is 0 Å². The SMILES string of the molecule is CCc1cc(C(O)Cc2nc(C)c(C)s2)n(C)n1. The molecule has 2 heterocycles. The van der Waals surface area contributed by atoms with Gasteiger partial charge >= 0.3 is 0 Å². The number of aromatic nitrogens is 3. The fourth-order valence-electron chi connectivity index (χ4n) is 1.92. The second kappa shape index (κ2) is 5.20. The Morgan fingerprint density at radius 2 is 2.17 bits per heavy atom. The molecule has 2 aromatic rings. The molecule has 0 radical (unpaired) electrons. The Balaban J connectivity index is 2.15. The molecule has 0 aliphatic carbocycles. The topological polar surface area (TPSA) is 50.9 Å². The van der Waals surface area contributed by atoms with Crippen molar-refractivity contribution in [3.8, 4) is 0 Å². The summed E-state index contributed by atoms with van der Waals surface area (Å²) in [6.07, 6.45) is 0.908. The van der Waals surface area contributed by atoms with E-state index >= 15 is 0 Å². The third kappa shape index (κ3) is 2.62. The quantitative estimate of drug-likeness (QED) is 0.923. The summed E-state index contributed by atoms with van der Waals surface area (Å²) >= 11 is 1.65. The first-order valence-electron chi connectivity index (χ1n) is 6.15. The lowest BCUT2D eigenvalue weighted by atomic mass is 10.1. The number of thiazole rings is 1. The zero-order valence-electron chi connectivity index (χ0n) is 11.3. The summed E-state index contributed by atoms with van der Waals surface area (Å²) in [6.45, 7) is 6.12. The Morgan fingerprint density at radius 1 is 1.44 bits per heavy atom. The van der Waals surface area contributed by atoms with E-state index in [1.807, 2.05) is 20.0 Å². The summed E-state index contributed by atoms with van der Waals surface area (Å²) in [5.41, 5.74) is 2.93. The highest BCUT2D eigenvalue weighted by Gasteiger charge is 2.16. The number of aliphatic hydroxyl groups is 1.